The van der Waals surface area contributed by atoms with Crippen LogP contribution in [0, 0.1) is 0 Å². The zero-order valence-electron chi connectivity index (χ0n) is 16.8. The first-order chi connectivity index (χ1) is 14.1. The summed E-state index contributed by atoms with van der Waals surface area (Å²) in [5.74, 6) is 4.42. The molecular formula is C21H25ClN6O. The molecule has 152 valence electrons. The van der Waals surface area contributed by atoms with Crippen molar-refractivity contribution < 1.29 is 4.52 Å². The number of nitrogens with zero attached hydrogens (tertiary/aromatic N) is 6. The van der Waals surface area contributed by atoms with Gasteiger partial charge in [0.25, 0.3) is 0 Å². The molecule has 0 unspecified atom stereocenters. The molecule has 0 radical (unpaired) electrons. The molecule has 0 N–H and O–H groups in total. The number of hydrogen-bond acceptors (Lipinski definition) is 6. The van der Waals surface area contributed by atoms with Crippen molar-refractivity contribution in [3.8, 4) is 5.69 Å². The fourth-order valence-electron chi connectivity index (χ4n) is 4.63. The van der Waals surface area contributed by atoms with E-state index < -0.39 is 0 Å². The lowest BCUT2D eigenvalue weighted by Gasteiger charge is -2.26. The summed E-state index contributed by atoms with van der Waals surface area (Å²) in [7, 11) is 2.11. The lowest BCUT2D eigenvalue weighted by Crippen LogP contribution is -2.17. The van der Waals surface area contributed by atoms with Crippen LogP contribution >= 0.6 is 11.6 Å². The molecule has 1 saturated carbocycles. The van der Waals surface area contributed by atoms with E-state index in [0.29, 0.717) is 11.8 Å². The molecule has 1 aliphatic carbocycles. The lowest BCUT2D eigenvalue weighted by atomic mass is 9.81. The Kier molecular flexibility index (Phi) is 4.87. The van der Waals surface area contributed by atoms with Crippen LogP contribution in [0.4, 0.5) is 0 Å². The van der Waals surface area contributed by atoms with Crippen LogP contribution in [0.25, 0.3) is 5.69 Å². The second kappa shape index (κ2) is 7.54. The van der Waals surface area contributed by atoms with E-state index in [1.54, 1.807) is 0 Å². The van der Waals surface area contributed by atoms with E-state index >= 15 is 0 Å². The number of halogens is 1. The molecule has 5 rings (SSSR count). The molecule has 0 atom stereocenters. The van der Waals surface area contributed by atoms with Crippen molar-refractivity contribution in [3.63, 3.8) is 0 Å². The minimum Gasteiger partial charge on any atom is -0.339 e. The first kappa shape index (κ1) is 18.8. The maximum Gasteiger partial charge on any atom is 0.226 e. The van der Waals surface area contributed by atoms with Crippen LogP contribution in [0.3, 0.4) is 0 Å². The van der Waals surface area contributed by atoms with Crippen LogP contribution < -0.4 is 0 Å². The summed E-state index contributed by atoms with van der Waals surface area (Å²) in [6, 6.07) is 6.12. The predicted octanol–water partition coefficient (Wildman–Crippen LogP) is 4.25. The van der Waals surface area contributed by atoms with Crippen molar-refractivity contribution in [2.45, 2.75) is 64.0 Å². The van der Waals surface area contributed by atoms with E-state index in [4.69, 9.17) is 16.1 Å². The van der Waals surface area contributed by atoms with Crippen LogP contribution in [0.1, 0.15) is 73.4 Å². The molecule has 2 aromatic heterocycles. The molecule has 1 aliphatic heterocycles. The van der Waals surface area contributed by atoms with Crippen molar-refractivity contribution in [2.24, 2.45) is 0 Å². The van der Waals surface area contributed by atoms with Crippen LogP contribution in [-0.4, -0.2) is 36.9 Å². The molecule has 2 aliphatic rings. The van der Waals surface area contributed by atoms with Crippen molar-refractivity contribution in [1.29, 1.82) is 0 Å². The Morgan fingerprint density at radius 3 is 2.66 bits per heavy atom. The van der Waals surface area contributed by atoms with E-state index in [9.17, 15) is 0 Å². The van der Waals surface area contributed by atoms with Crippen LogP contribution in [0.5, 0.6) is 0 Å². The Hall–Kier alpha value is -2.25. The van der Waals surface area contributed by atoms with Gasteiger partial charge in [0.15, 0.2) is 11.6 Å². The Balaban J connectivity index is 1.42. The fourth-order valence-corrected chi connectivity index (χ4v) is 4.83. The number of fused-ring (bicyclic) bond motifs is 3. The third-order valence-electron chi connectivity index (χ3n) is 6.13. The summed E-state index contributed by atoms with van der Waals surface area (Å²) in [6.45, 7) is 3.66. The van der Waals surface area contributed by atoms with Gasteiger partial charge in [0.2, 0.25) is 5.89 Å². The van der Waals surface area contributed by atoms with Gasteiger partial charge in [-0.2, -0.15) is 4.98 Å². The molecule has 0 spiro atoms. The van der Waals surface area contributed by atoms with Gasteiger partial charge < -0.3 is 4.52 Å². The highest BCUT2D eigenvalue weighted by atomic mass is 35.5. The predicted molar refractivity (Wildman–Crippen MR) is 109 cm³/mol. The minimum atomic E-state index is 0.374. The number of rotatable bonds is 3. The summed E-state index contributed by atoms with van der Waals surface area (Å²) >= 11 is 6.28. The largest absolute Gasteiger partial charge is 0.339 e. The van der Waals surface area contributed by atoms with Crippen LogP contribution in [-0.2, 0) is 19.5 Å². The van der Waals surface area contributed by atoms with E-state index in [2.05, 4.69) is 49.0 Å². The summed E-state index contributed by atoms with van der Waals surface area (Å²) in [6.07, 6.45) is 4.98. The van der Waals surface area contributed by atoms with Crippen molar-refractivity contribution >= 4 is 11.6 Å². The van der Waals surface area contributed by atoms with Gasteiger partial charge in [0.05, 0.1) is 12.2 Å². The molecule has 1 aromatic carbocycles. The highest BCUT2D eigenvalue weighted by Crippen LogP contribution is 2.40. The quantitative estimate of drug-likeness (QED) is 0.640. The average molecular weight is 413 g/mol. The lowest BCUT2D eigenvalue weighted by molar-refractivity contribution is 0.315. The van der Waals surface area contributed by atoms with E-state index in [1.165, 1.54) is 5.56 Å². The second-order valence-corrected chi connectivity index (χ2v) is 8.64. The smallest absolute Gasteiger partial charge is 0.226 e. The van der Waals surface area contributed by atoms with Gasteiger partial charge in [-0.05, 0) is 56.5 Å². The highest BCUT2D eigenvalue weighted by Gasteiger charge is 2.31. The van der Waals surface area contributed by atoms with E-state index in [1.807, 2.05) is 13.0 Å². The Morgan fingerprint density at radius 1 is 1.10 bits per heavy atom. The summed E-state index contributed by atoms with van der Waals surface area (Å²) in [4.78, 5) is 6.80. The normalized spacial score (nSPS) is 22.2. The topological polar surface area (TPSA) is 72.9 Å². The molecule has 0 amide bonds. The van der Waals surface area contributed by atoms with Gasteiger partial charge in [-0.25, -0.2) is 0 Å². The summed E-state index contributed by atoms with van der Waals surface area (Å²) < 4.78 is 7.58. The summed E-state index contributed by atoms with van der Waals surface area (Å²) in [5, 5.41) is 14.1. The van der Waals surface area contributed by atoms with Gasteiger partial charge in [-0.3, -0.25) is 9.47 Å². The molecule has 3 aromatic rings. The first-order valence-electron chi connectivity index (χ1n) is 10.4. The van der Waals surface area contributed by atoms with Crippen LogP contribution in [0.15, 0.2) is 22.7 Å². The monoisotopic (exact) mass is 412 g/mol. The number of benzene rings is 1. The molecule has 0 bridgehead atoms. The molecule has 3 heterocycles. The van der Waals surface area contributed by atoms with Gasteiger partial charge in [0.1, 0.15) is 5.82 Å². The van der Waals surface area contributed by atoms with E-state index in [-0.39, 0.29) is 0 Å². The van der Waals surface area contributed by atoms with Gasteiger partial charge in [-0.15, -0.1) is 10.2 Å². The maximum absolute atomic E-state index is 6.28. The SMILES string of the molecule is CCc1nc([C@H]2CC[C@@H](c3nnc4n3-c3ccc(Cl)cc3CN(C)C4)CC2)no1. The number of aromatic nitrogens is 5. The summed E-state index contributed by atoms with van der Waals surface area (Å²) in [5.41, 5.74) is 2.37. The Bertz CT molecular complexity index is 1020. The molecule has 7 nitrogen and oxygen atoms in total. The molecular weight excluding hydrogens is 388 g/mol. The van der Waals surface area contributed by atoms with Crippen molar-refractivity contribution in [1.82, 2.24) is 29.8 Å². The maximum atomic E-state index is 6.28. The highest BCUT2D eigenvalue weighted by molar-refractivity contribution is 6.30. The minimum absolute atomic E-state index is 0.374. The Labute approximate surface area is 175 Å². The van der Waals surface area contributed by atoms with Gasteiger partial charge in [0, 0.05) is 29.8 Å². The third-order valence-corrected chi connectivity index (χ3v) is 6.37. The van der Waals surface area contributed by atoms with Crippen molar-refractivity contribution in [2.75, 3.05) is 7.05 Å². The molecule has 0 saturated heterocycles. The standard InChI is InChI=1S/C21H25ClN6O/c1-3-19-23-20(26-29-19)13-4-6-14(7-5-13)21-25-24-18-12-27(2)11-15-10-16(22)8-9-17(15)28(18)21/h8-10,13-14H,3-7,11-12H2,1-2H3/t13-,14+. The number of aryl methyl sites for hydroxylation is 1. The van der Waals surface area contributed by atoms with Crippen molar-refractivity contribution in [3.05, 3.63) is 52.1 Å². The van der Waals surface area contributed by atoms with E-state index in [0.717, 1.165) is 79.3 Å². The zero-order chi connectivity index (χ0) is 20.0. The molecule has 1 fully saturated rings. The first-order valence-corrected chi connectivity index (χ1v) is 10.7. The fraction of sp³-hybridized carbons (Fsp3) is 0.524. The Morgan fingerprint density at radius 2 is 1.90 bits per heavy atom. The average Bonchev–Trinajstić information content (AvgIpc) is 3.33. The second-order valence-electron chi connectivity index (χ2n) is 8.20. The molecule has 8 heteroatoms. The zero-order valence-corrected chi connectivity index (χ0v) is 17.6. The third kappa shape index (κ3) is 3.46. The van der Waals surface area contributed by atoms with Crippen LogP contribution in [0.2, 0.25) is 5.02 Å². The number of hydrogen-bond donors (Lipinski definition) is 0. The van der Waals surface area contributed by atoms with Gasteiger partial charge in [-0.1, -0.05) is 23.7 Å². The van der Waals surface area contributed by atoms with Gasteiger partial charge >= 0.3 is 0 Å². The molecule has 29 heavy (non-hydrogen) atoms.